The molecule has 0 unspecified atom stereocenters. The van der Waals surface area contributed by atoms with E-state index < -0.39 is 5.82 Å². The van der Waals surface area contributed by atoms with Gasteiger partial charge >= 0.3 is 0 Å². The van der Waals surface area contributed by atoms with Crippen LogP contribution in [0.15, 0.2) is 33.4 Å². The van der Waals surface area contributed by atoms with E-state index in [1.54, 1.807) is 17.5 Å². The highest BCUT2D eigenvalue weighted by Gasteiger charge is 2.10. The normalized spacial score (nSPS) is 10.3. The van der Waals surface area contributed by atoms with Crippen LogP contribution in [0.1, 0.15) is 15.9 Å². The van der Waals surface area contributed by atoms with E-state index in [-0.39, 0.29) is 5.91 Å². The topological polar surface area (TPSA) is 29.1 Å². The molecule has 0 aliphatic carbocycles. The van der Waals surface area contributed by atoms with Crippen molar-refractivity contribution in [3.8, 4) is 0 Å². The Balaban J connectivity index is 2.19. The summed E-state index contributed by atoms with van der Waals surface area (Å²) in [6, 6.07) is 4.49. The molecule has 0 radical (unpaired) electrons. The van der Waals surface area contributed by atoms with Gasteiger partial charge in [0, 0.05) is 11.1 Å². The highest BCUT2D eigenvalue weighted by molar-refractivity contribution is 9.10. The van der Waals surface area contributed by atoms with E-state index in [1.165, 1.54) is 17.4 Å². The highest BCUT2D eigenvalue weighted by atomic mass is 79.9. The van der Waals surface area contributed by atoms with E-state index in [9.17, 15) is 9.18 Å². The number of amides is 1. The summed E-state index contributed by atoms with van der Waals surface area (Å²) in [5.74, 6) is -0.615. The number of nitrogens with one attached hydrogen (secondary N) is 1. The summed E-state index contributed by atoms with van der Waals surface area (Å²) in [4.78, 5) is 11.9. The van der Waals surface area contributed by atoms with Crippen molar-refractivity contribution in [2.75, 3.05) is 5.32 Å². The number of halogens is 2. The van der Waals surface area contributed by atoms with Gasteiger partial charge in [0.15, 0.2) is 0 Å². The van der Waals surface area contributed by atoms with Gasteiger partial charge in [-0.1, -0.05) is 0 Å². The summed E-state index contributed by atoms with van der Waals surface area (Å²) >= 11 is 4.53. The number of benzene rings is 1. The van der Waals surface area contributed by atoms with Gasteiger partial charge in [0.2, 0.25) is 0 Å². The first-order valence-electron chi connectivity index (χ1n) is 4.87. The van der Waals surface area contributed by atoms with Gasteiger partial charge in [0.1, 0.15) is 5.82 Å². The number of carbonyl (C=O) groups excluding carboxylic acids is 1. The molecule has 5 heteroatoms. The lowest BCUT2D eigenvalue weighted by atomic mass is 10.2. The maximum absolute atomic E-state index is 13.3. The molecule has 1 heterocycles. The first kappa shape index (κ1) is 12.3. The molecule has 17 heavy (non-hydrogen) atoms. The van der Waals surface area contributed by atoms with Crippen LogP contribution in [0.3, 0.4) is 0 Å². The van der Waals surface area contributed by atoms with Crippen molar-refractivity contribution in [1.29, 1.82) is 0 Å². The number of hydrogen-bond donors (Lipinski definition) is 1. The van der Waals surface area contributed by atoms with Crippen LogP contribution in [0.4, 0.5) is 10.1 Å². The van der Waals surface area contributed by atoms with Gasteiger partial charge in [0.25, 0.3) is 5.91 Å². The average molecular weight is 314 g/mol. The van der Waals surface area contributed by atoms with Crippen LogP contribution in [0.2, 0.25) is 0 Å². The molecule has 1 N–H and O–H groups in total. The molecule has 1 amide bonds. The molecular weight excluding hydrogens is 305 g/mol. The van der Waals surface area contributed by atoms with Crippen LogP contribution in [0.5, 0.6) is 0 Å². The van der Waals surface area contributed by atoms with Crippen molar-refractivity contribution in [3.63, 3.8) is 0 Å². The molecule has 88 valence electrons. The van der Waals surface area contributed by atoms with Gasteiger partial charge in [-0.25, -0.2) is 4.39 Å². The first-order valence-corrected chi connectivity index (χ1v) is 6.60. The molecule has 1 aromatic carbocycles. The van der Waals surface area contributed by atoms with E-state index in [1.807, 2.05) is 12.3 Å². The quantitative estimate of drug-likeness (QED) is 0.884. The smallest absolute Gasteiger partial charge is 0.256 e. The van der Waals surface area contributed by atoms with E-state index in [0.717, 1.165) is 5.56 Å². The van der Waals surface area contributed by atoms with Crippen LogP contribution in [-0.4, -0.2) is 5.91 Å². The summed E-state index contributed by atoms with van der Waals surface area (Å²) in [5, 5.41) is 6.34. The van der Waals surface area contributed by atoms with Crippen molar-refractivity contribution in [2.24, 2.45) is 0 Å². The third kappa shape index (κ3) is 2.73. The number of anilines is 1. The second-order valence-electron chi connectivity index (χ2n) is 3.55. The number of aryl methyl sites for hydroxylation is 1. The first-order chi connectivity index (χ1) is 8.08. The van der Waals surface area contributed by atoms with Gasteiger partial charge in [-0.3, -0.25) is 4.79 Å². The van der Waals surface area contributed by atoms with Gasteiger partial charge < -0.3 is 5.32 Å². The molecule has 2 aromatic rings. The van der Waals surface area contributed by atoms with Crippen molar-refractivity contribution in [3.05, 3.63) is 50.4 Å². The molecule has 1 aromatic heterocycles. The van der Waals surface area contributed by atoms with Crippen LogP contribution < -0.4 is 5.32 Å². The van der Waals surface area contributed by atoms with Crippen LogP contribution in [0, 0.1) is 12.7 Å². The minimum absolute atomic E-state index is 0.217. The van der Waals surface area contributed by atoms with Gasteiger partial charge in [-0.2, -0.15) is 11.3 Å². The zero-order chi connectivity index (χ0) is 12.4. The van der Waals surface area contributed by atoms with Gasteiger partial charge in [-0.15, -0.1) is 0 Å². The van der Waals surface area contributed by atoms with Crippen molar-refractivity contribution >= 4 is 38.9 Å². The van der Waals surface area contributed by atoms with Crippen LogP contribution in [-0.2, 0) is 0 Å². The summed E-state index contributed by atoms with van der Waals surface area (Å²) < 4.78 is 13.6. The second-order valence-corrected chi connectivity index (χ2v) is 5.15. The summed E-state index contributed by atoms with van der Waals surface area (Å²) in [6.45, 7) is 1.87. The SMILES string of the molecule is Cc1cscc1C(=O)Nc1ccc(Br)c(F)c1. The lowest BCUT2D eigenvalue weighted by Crippen LogP contribution is -2.12. The zero-order valence-electron chi connectivity index (χ0n) is 8.96. The lowest BCUT2D eigenvalue weighted by Gasteiger charge is -2.05. The van der Waals surface area contributed by atoms with Gasteiger partial charge in [-0.05, 0) is 52.0 Å². The Bertz CT molecular complexity index is 567. The van der Waals surface area contributed by atoms with Crippen molar-refractivity contribution in [2.45, 2.75) is 6.92 Å². The number of rotatable bonds is 2. The molecule has 0 bridgehead atoms. The minimum atomic E-state index is -0.398. The predicted octanol–water partition coefficient (Wildman–Crippen LogP) is 4.21. The fourth-order valence-electron chi connectivity index (χ4n) is 1.37. The molecule has 0 spiro atoms. The largest absolute Gasteiger partial charge is 0.322 e. The Labute approximate surface area is 111 Å². The predicted molar refractivity (Wildman–Crippen MR) is 71.1 cm³/mol. The molecule has 0 aliphatic heterocycles. The van der Waals surface area contributed by atoms with Crippen molar-refractivity contribution < 1.29 is 9.18 Å². The van der Waals surface area contributed by atoms with E-state index >= 15 is 0 Å². The van der Waals surface area contributed by atoms with Gasteiger partial charge in [0.05, 0.1) is 10.0 Å². The maximum Gasteiger partial charge on any atom is 0.256 e. The number of thiophene rings is 1. The summed E-state index contributed by atoms with van der Waals surface area (Å²) in [5.41, 5.74) is 1.99. The standard InChI is InChI=1S/C12H9BrFNOS/c1-7-5-17-6-9(7)12(16)15-8-2-3-10(13)11(14)4-8/h2-6H,1H3,(H,15,16). The van der Waals surface area contributed by atoms with Crippen LogP contribution in [0.25, 0.3) is 0 Å². The molecule has 2 rings (SSSR count). The van der Waals surface area contributed by atoms with E-state index in [0.29, 0.717) is 15.7 Å². The maximum atomic E-state index is 13.3. The third-order valence-corrected chi connectivity index (χ3v) is 3.78. The third-order valence-electron chi connectivity index (χ3n) is 2.28. The molecule has 0 atom stereocenters. The van der Waals surface area contributed by atoms with E-state index in [2.05, 4.69) is 21.2 Å². The summed E-state index contributed by atoms with van der Waals surface area (Å²) in [6.07, 6.45) is 0. The Morgan fingerprint density at radius 2 is 2.18 bits per heavy atom. The second kappa shape index (κ2) is 4.98. The minimum Gasteiger partial charge on any atom is -0.322 e. The molecule has 2 nitrogen and oxygen atoms in total. The van der Waals surface area contributed by atoms with E-state index in [4.69, 9.17) is 0 Å². The Hall–Kier alpha value is -1.20. The molecular formula is C12H9BrFNOS. The molecule has 0 saturated heterocycles. The average Bonchev–Trinajstić information content (AvgIpc) is 2.70. The lowest BCUT2D eigenvalue weighted by molar-refractivity contribution is 0.102. The fourth-order valence-corrected chi connectivity index (χ4v) is 2.44. The number of hydrogen-bond acceptors (Lipinski definition) is 2. The molecule has 0 fully saturated rings. The van der Waals surface area contributed by atoms with Crippen LogP contribution >= 0.6 is 27.3 Å². The summed E-state index contributed by atoms with van der Waals surface area (Å²) in [7, 11) is 0. The Morgan fingerprint density at radius 3 is 2.76 bits per heavy atom. The fraction of sp³-hybridized carbons (Fsp3) is 0.0833. The Morgan fingerprint density at radius 1 is 1.41 bits per heavy atom. The Kier molecular flexibility index (Phi) is 3.59. The number of carbonyl (C=O) groups is 1. The monoisotopic (exact) mass is 313 g/mol. The van der Waals surface area contributed by atoms with Crippen molar-refractivity contribution in [1.82, 2.24) is 0 Å². The molecule has 0 aliphatic rings. The zero-order valence-corrected chi connectivity index (χ0v) is 11.4. The highest BCUT2D eigenvalue weighted by Crippen LogP contribution is 2.21. The molecule has 0 saturated carbocycles.